The number of rotatable bonds is 4. The monoisotopic (exact) mass is 364 g/mol. The number of aryl methyl sites for hydroxylation is 1. The predicted molar refractivity (Wildman–Crippen MR) is 93.0 cm³/mol. The lowest BCUT2D eigenvalue weighted by atomic mass is 9.96. The molecule has 0 amide bonds. The van der Waals surface area contributed by atoms with Gasteiger partial charge < -0.3 is 4.52 Å². The number of fused-ring (bicyclic) bond motifs is 1. The molecule has 136 valence electrons. The lowest BCUT2D eigenvalue weighted by Crippen LogP contribution is -2.15. The minimum Gasteiger partial charge on any atom is -0.360 e. The largest absolute Gasteiger partial charge is 0.360 e. The molecule has 1 fully saturated rings. The van der Waals surface area contributed by atoms with Crippen LogP contribution < -0.4 is 0 Å². The second-order valence-electron chi connectivity index (χ2n) is 7.59. The summed E-state index contributed by atoms with van der Waals surface area (Å²) < 4.78 is 31.2. The molecule has 7 nitrogen and oxygen atoms in total. The van der Waals surface area contributed by atoms with E-state index in [-0.39, 0.29) is 17.5 Å². The maximum atomic E-state index is 11.9. The summed E-state index contributed by atoms with van der Waals surface area (Å²) >= 11 is 0. The van der Waals surface area contributed by atoms with E-state index in [0.29, 0.717) is 18.2 Å². The van der Waals surface area contributed by atoms with Crippen molar-refractivity contribution in [1.82, 2.24) is 19.9 Å². The molecule has 3 heterocycles. The summed E-state index contributed by atoms with van der Waals surface area (Å²) in [6.07, 6.45) is 5.43. The van der Waals surface area contributed by atoms with Gasteiger partial charge in [-0.15, -0.1) is 0 Å². The highest BCUT2D eigenvalue weighted by Gasteiger charge is 2.34. The van der Waals surface area contributed by atoms with Crippen molar-refractivity contribution < 1.29 is 12.9 Å². The Morgan fingerprint density at radius 3 is 2.80 bits per heavy atom. The Bertz CT molecular complexity index is 882. The molecule has 25 heavy (non-hydrogen) atoms. The SMILES string of the molecule is CC(C)Cc1nc(-c2noc3c2CCCC3)n(C2CCS(=O)(=O)C2)n1. The second kappa shape index (κ2) is 6.23. The molecule has 2 aromatic rings. The zero-order chi connectivity index (χ0) is 17.6. The lowest BCUT2D eigenvalue weighted by molar-refractivity contribution is 0.373. The van der Waals surface area contributed by atoms with Crippen LogP contribution in [0, 0.1) is 5.92 Å². The van der Waals surface area contributed by atoms with Crippen molar-refractivity contribution in [2.45, 2.75) is 58.4 Å². The van der Waals surface area contributed by atoms with E-state index >= 15 is 0 Å². The van der Waals surface area contributed by atoms with Crippen molar-refractivity contribution in [3.63, 3.8) is 0 Å². The Morgan fingerprint density at radius 1 is 1.28 bits per heavy atom. The van der Waals surface area contributed by atoms with E-state index in [1.807, 2.05) is 0 Å². The van der Waals surface area contributed by atoms with Crippen molar-refractivity contribution in [2.24, 2.45) is 5.92 Å². The highest BCUT2D eigenvalue weighted by molar-refractivity contribution is 7.91. The normalized spacial score (nSPS) is 22.4. The Hall–Kier alpha value is -1.70. The van der Waals surface area contributed by atoms with Gasteiger partial charge in [-0.2, -0.15) is 5.10 Å². The molecule has 0 spiro atoms. The molecule has 1 aliphatic heterocycles. The molecule has 0 bridgehead atoms. The fourth-order valence-corrected chi connectivity index (χ4v) is 5.46. The summed E-state index contributed by atoms with van der Waals surface area (Å²) in [7, 11) is -2.99. The molecular formula is C17H24N4O3S. The van der Waals surface area contributed by atoms with Crippen molar-refractivity contribution >= 4 is 9.84 Å². The fraction of sp³-hybridized carbons (Fsp3) is 0.706. The standard InChI is InChI=1S/C17H24N4O3S/c1-11(2)9-15-18-17(16-13-5-3-4-6-14(13)24-20-16)21(19-15)12-7-8-25(22,23)10-12/h11-12H,3-10H2,1-2H3. The Morgan fingerprint density at radius 2 is 2.08 bits per heavy atom. The summed E-state index contributed by atoms with van der Waals surface area (Å²) in [5.41, 5.74) is 1.87. The Labute approximate surface area is 147 Å². The first kappa shape index (κ1) is 16.8. The third-order valence-corrected chi connectivity index (χ3v) is 6.73. The third-order valence-electron chi connectivity index (χ3n) is 4.98. The minimum atomic E-state index is -2.99. The molecule has 0 aromatic carbocycles. The van der Waals surface area contributed by atoms with E-state index < -0.39 is 9.84 Å². The first-order valence-corrected chi connectivity index (χ1v) is 10.9. The number of nitrogens with zero attached hydrogens (tertiary/aromatic N) is 4. The van der Waals surface area contributed by atoms with E-state index in [0.717, 1.165) is 54.9 Å². The zero-order valence-electron chi connectivity index (χ0n) is 14.7. The van der Waals surface area contributed by atoms with Crippen molar-refractivity contribution in [3.05, 3.63) is 17.1 Å². The molecule has 0 radical (unpaired) electrons. The molecule has 0 N–H and O–H groups in total. The average molecular weight is 364 g/mol. The van der Waals surface area contributed by atoms with Crippen LogP contribution in [0.25, 0.3) is 11.5 Å². The van der Waals surface area contributed by atoms with Crippen molar-refractivity contribution in [1.29, 1.82) is 0 Å². The number of hydrogen-bond acceptors (Lipinski definition) is 6. The van der Waals surface area contributed by atoms with Crippen LogP contribution in [0.4, 0.5) is 0 Å². The average Bonchev–Trinajstić information content (AvgIpc) is 3.22. The minimum absolute atomic E-state index is 0.129. The quantitative estimate of drug-likeness (QED) is 0.827. The molecule has 1 aliphatic carbocycles. The Balaban J connectivity index is 1.78. The van der Waals surface area contributed by atoms with Gasteiger partial charge in [0.15, 0.2) is 27.2 Å². The molecular weight excluding hydrogens is 340 g/mol. The highest BCUT2D eigenvalue weighted by Crippen LogP contribution is 2.33. The maximum absolute atomic E-state index is 11.9. The van der Waals surface area contributed by atoms with Crippen molar-refractivity contribution in [2.75, 3.05) is 11.5 Å². The van der Waals surface area contributed by atoms with Gasteiger partial charge >= 0.3 is 0 Å². The molecule has 2 aliphatic rings. The summed E-state index contributed by atoms with van der Waals surface area (Å²) in [5, 5.41) is 8.94. The van der Waals surface area contributed by atoms with Gasteiger partial charge in [0.25, 0.3) is 0 Å². The van der Waals surface area contributed by atoms with Gasteiger partial charge in [0, 0.05) is 18.4 Å². The topological polar surface area (TPSA) is 90.9 Å². The van der Waals surface area contributed by atoms with Crippen LogP contribution in [0.15, 0.2) is 4.52 Å². The molecule has 1 unspecified atom stereocenters. The van der Waals surface area contributed by atoms with E-state index in [2.05, 4.69) is 24.1 Å². The van der Waals surface area contributed by atoms with Gasteiger partial charge in [-0.3, -0.25) is 0 Å². The first-order chi connectivity index (χ1) is 11.9. The summed E-state index contributed by atoms with van der Waals surface area (Å²) in [6.45, 7) is 4.25. The Kier molecular flexibility index (Phi) is 4.17. The van der Waals surface area contributed by atoms with Gasteiger partial charge in [-0.25, -0.2) is 18.1 Å². The smallest absolute Gasteiger partial charge is 0.181 e. The molecule has 1 saturated heterocycles. The molecule has 1 atom stereocenters. The van der Waals surface area contributed by atoms with Crippen LogP contribution in [-0.2, 0) is 29.1 Å². The van der Waals surface area contributed by atoms with Crippen LogP contribution in [0.3, 0.4) is 0 Å². The fourth-order valence-electron chi connectivity index (χ4n) is 3.76. The number of hydrogen-bond donors (Lipinski definition) is 0. The summed E-state index contributed by atoms with van der Waals surface area (Å²) in [5.74, 6) is 3.15. The molecule has 8 heteroatoms. The number of aromatic nitrogens is 4. The van der Waals surface area contributed by atoms with Crippen LogP contribution in [-0.4, -0.2) is 39.8 Å². The summed E-state index contributed by atoms with van der Waals surface area (Å²) in [6, 6.07) is -0.163. The molecule has 0 saturated carbocycles. The first-order valence-electron chi connectivity index (χ1n) is 9.06. The van der Waals surface area contributed by atoms with Crippen LogP contribution in [0.5, 0.6) is 0 Å². The maximum Gasteiger partial charge on any atom is 0.181 e. The molecule has 2 aromatic heterocycles. The highest BCUT2D eigenvalue weighted by atomic mass is 32.2. The second-order valence-corrected chi connectivity index (χ2v) is 9.82. The van der Waals surface area contributed by atoms with E-state index in [4.69, 9.17) is 9.51 Å². The van der Waals surface area contributed by atoms with Crippen LogP contribution in [0.2, 0.25) is 0 Å². The lowest BCUT2D eigenvalue weighted by Gasteiger charge is -2.12. The van der Waals surface area contributed by atoms with Gasteiger partial charge in [0.2, 0.25) is 0 Å². The van der Waals surface area contributed by atoms with Gasteiger partial charge in [-0.05, 0) is 31.6 Å². The zero-order valence-corrected chi connectivity index (χ0v) is 15.5. The van der Waals surface area contributed by atoms with Gasteiger partial charge in [-0.1, -0.05) is 19.0 Å². The van der Waals surface area contributed by atoms with Crippen LogP contribution in [0.1, 0.15) is 56.3 Å². The summed E-state index contributed by atoms with van der Waals surface area (Å²) in [4.78, 5) is 4.73. The van der Waals surface area contributed by atoms with E-state index in [1.165, 1.54) is 0 Å². The third kappa shape index (κ3) is 3.23. The van der Waals surface area contributed by atoms with Crippen molar-refractivity contribution in [3.8, 4) is 11.5 Å². The molecule has 4 rings (SSSR count). The van der Waals surface area contributed by atoms with Crippen LogP contribution >= 0.6 is 0 Å². The predicted octanol–water partition coefficient (Wildman–Crippen LogP) is 2.37. The van der Waals surface area contributed by atoms with Gasteiger partial charge in [0.05, 0.1) is 17.5 Å². The number of sulfone groups is 1. The van der Waals surface area contributed by atoms with Gasteiger partial charge in [0.1, 0.15) is 5.76 Å². The van der Waals surface area contributed by atoms with E-state index in [9.17, 15) is 8.42 Å². The van der Waals surface area contributed by atoms with E-state index in [1.54, 1.807) is 4.68 Å².